The molecule has 0 amide bonds. The molecule has 0 bridgehead atoms. The normalized spacial score (nSPS) is 9.29. The largest absolute Gasteiger partial charge is 0.468 e. The maximum atomic E-state index is 5.20. The van der Waals surface area contributed by atoms with E-state index in [2.05, 4.69) is 0 Å². The Morgan fingerprint density at radius 1 is 1.71 bits per heavy atom. The van der Waals surface area contributed by atoms with E-state index in [1.807, 2.05) is 12.1 Å². The molecule has 2 nitrogen and oxygen atoms in total. The van der Waals surface area contributed by atoms with Crippen LogP contribution in [0, 0.1) is 0 Å². The summed E-state index contributed by atoms with van der Waals surface area (Å²) in [5.74, 6) is 0.833. The highest BCUT2D eigenvalue weighted by molar-refractivity contribution is 4.96. The fourth-order valence-corrected chi connectivity index (χ4v) is 0.429. The van der Waals surface area contributed by atoms with Crippen molar-refractivity contribution in [3.05, 3.63) is 24.2 Å². The topological polar surface area (TPSA) is 39.2 Å². The molecular weight excluding hydrogens is 95.0 g/mol. The average molecular weight is 102 g/mol. The monoisotopic (exact) mass is 102 g/mol. The van der Waals surface area contributed by atoms with Gasteiger partial charge in [-0.3, -0.25) is 0 Å². The predicted octanol–water partition coefficient (Wildman–Crippen LogP) is 0.738. The van der Waals surface area contributed by atoms with Gasteiger partial charge >= 0.3 is 0 Å². The lowest BCUT2D eigenvalue weighted by Gasteiger charge is -1.80. The minimum Gasteiger partial charge on any atom is -0.468 e. The van der Waals surface area contributed by atoms with E-state index in [1.165, 1.54) is 0 Å². The van der Waals surface area contributed by atoms with Crippen molar-refractivity contribution in [1.29, 1.82) is 0 Å². The van der Waals surface area contributed by atoms with E-state index in [9.17, 15) is 0 Å². The highest BCUT2D eigenvalue weighted by Gasteiger charge is 1.84. The van der Waals surface area contributed by atoms with Crippen LogP contribution in [0.3, 0.4) is 0 Å². The van der Waals surface area contributed by atoms with Crippen molar-refractivity contribution in [3.8, 4) is 0 Å². The second-order valence-corrected chi connectivity index (χ2v) is 1.28. The molecule has 0 spiro atoms. The summed E-state index contributed by atoms with van der Waals surface area (Å²) < 4.78 is 4.86. The fourth-order valence-electron chi connectivity index (χ4n) is 0.429. The van der Waals surface area contributed by atoms with Crippen LogP contribution in [-0.4, -0.2) is 0 Å². The van der Waals surface area contributed by atoms with E-state index >= 15 is 0 Å². The molecule has 0 aliphatic heterocycles. The Bertz CT molecular complexity index is 123. The predicted molar refractivity (Wildman–Crippen MR) is 26.6 cm³/mol. The molecule has 0 saturated heterocycles. The van der Waals surface area contributed by atoms with Crippen LogP contribution in [-0.2, 0) is 6.54 Å². The number of hydrogen-bond donors (Lipinski definition) is 1. The minimum absolute atomic E-state index is 0.493. The molecule has 0 aromatic carbocycles. The third-order valence-corrected chi connectivity index (χ3v) is 0.781. The molecule has 1 heterocycles. The van der Waals surface area contributed by atoms with Crippen LogP contribution in [0.1, 0.15) is 5.76 Å². The average Bonchev–Trinajstić information content (AvgIpc) is 2.14. The Morgan fingerprint density at radius 3 is 2.86 bits per heavy atom. The second kappa shape index (κ2) is 1.80. The number of hydrogen-bond acceptors (Lipinski definition) is 2. The summed E-state index contributed by atoms with van der Waals surface area (Å²) in [6.07, 6.45) is 1.61. The first-order valence-electron chi connectivity index (χ1n) is 2.16. The van der Waals surface area contributed by atoms with Gasteiger partial charge in [0.2, 0.25) is 0 Å². The lowest BCUT2D eigenvalue weighted by Crippen LogP contribution is -1.92. The molecule has 0 unspecified atom stereocenters. The molecule has 2 N–H and O–H groups in total. The molecule has 0 aliphatic rings. The van der Waals surface area contributed by atoms with E-state index in [-0.39, 0.29) is 0 Å². The van der Waals surface area contributed by atoms with Gasteiger partial charge in [-0.15, -0.1) is 0 Å². The zero-order chi connectivity index (χ0) is 5.11. The molecule has 1 aromatic heterocycles. The van der Waals surface area contributed by atoms with Crippen LogP contribution in [0.15, 0.2) is 22.8 Å². The molecule has 1 rings (SSSR count). The van der Waals surface area contributed by atoms with E-state index in [0.717, 1.165) is 5.76 Å². The third-order valence-electron chi connectivity index (χ3n) is 0.781. The maximum Gasteiger partial charge on any atom is 0.117 e. The van der Waals surface area contributed by atoms with Gasteiger partial charge in [-0.25, -0.2) is 0 Å². The zero-order valence-electron chi connectivity index (χ0n) is 3.92. The molecule has 1 aromatic rings. The molecule has 0 saturated carbocycles. The van der Waals surface area contributed by atoms with E-state index in [4.69, 9.17) is 10.2 Å². The lowest BCUT2D eigenvalue weighted by atomic mass is 11.4. The van der Waals surface area contributed by atoms with Crippen LogP contribution in [0.25, 0.3) is 0 Å². The van der Waals surface area contributed by atoms with Crippen LogP contribution >= 0.6 is 0 Å². The SMILES string of the molecule is N[13CH2][13c]1[13cH][13cH][13cH]o1. The number of furan rings is 1. The van der Waals surface area contributed by atoms with Crippen LogP contribution in [0.2, 0.25) is 0 Å². The lowest BCUT2D eigenvalue weighted by molar-refractivity contribution is 0.512. The van der Waals surface area contributed by atoms with Gasteiger partial charge in [0, 0.05) is 0 Å². The van der Waals surface area contributed by atoms with Gasteiger partial charge in [-0.05, 0) is 12.1 Å². The molecule has 7 heavy (non-hydrogen) atoms. The van der Waals surface area contributed by atoms with Crippen LogP contribution in [0.5, 0.6) is 0 Å². The Kier molecular flexibility index (Phi) is 1.13. The molecule has 0 fully saturated rings. The smallest absolute Gasteiger partial charge is 0.117 e. The molecule has 0 atom stereocenters. The first-order valence-corrected chi connectivity index (χ1v) is 2.16. The molecule has 2 heteroatoms. The Labute approximate surface area is 41.9 Å². The first-order chi connectivity index (χ1) is 3.43. The molecule has 38 valence electrons. The summed E-state index contributed by atoms with van der Waals surface area (Å²) in [4.78, 5) is 0. The summed E-state index contributed by atoms with van der Waals surface area (Å²) in [6, 6.07) is 3.67. The minimum atomic E-state index is 0.493. The van der Waals surface area contributed by atoms with Gasteiger partial charge in [0.15, 0.2) is 0 Å². The fraction of sp³-hybridized carbons (Fsp3) is 0.200. The summed E-state index contributed by atoms with van der Waals surface area (Å²) >= 11 is 0. The van der Waals surface area contributed by atoms with Gasteiger partial charge < -0.3 is 10.2 Å². The van der Waals surface area contributed by atoms with Crippen molar-refractivity contribution >= 4 is 0 Å². The van der Waals surface area contributed by atoms with Gasteiger partial charge in [0.05, 0.1) is 12.8 Å². The Hall–Kier alpha value is -0.760. The van der Waals surface area contributed by atoms with Crippen molar-refractivity contribution in [2.45, 2.75) is 6.54 Å². The summed E-state index contributed by atoms with van der Waals surface area (Å²) in [5, 5.41) is 0. The summed E-state index contributed by atoms with van der Waals surface area (Å²) in [6.45, 7) is 0.493. The van der Waals surface area contributed by atoms with Crippen molar-refractivity contribution in [1.82, 2.24) is 0 Å². The highest BCUT2D eigenvalue weighted by Crippen LogP contribution is 1.95. The van der Waals surface area contributed by atoms with Gasteiger partial charge in [0.1, 0.15) is 5.76 Å². The molecule has 0 radical (unpaired) electrons. The maximum absolute atomic E-state index is 5.20. The van der Waals surface area contributed by atoms with E-state index < -0.39 is 0 Å². The van der Waals surface area contributed by atoms with E-state index in [0.29, 0.717) is 6.54 Å². The Morgan fingerprint density at radius 2 is 2.57 bits per heavy atom. The standard InChI is InChI=1S/C5H7NO/c6-4-5-2-1-3-7-5/h1-3H,4,6H2/i1+1,2+1,3+1,4+1,5+1. The number of nitrogens with two attached hydrogens (primary N) is 1. The summed E-state index contributed by atoms with van der Waals surface area (Å²) in [7, 11) is 0. The van der Waals surface area contributed by atoms with Crippen molar-refractivity contribution in [2.24, 2.45) is 5.73 Å². The van der Waals surface area contributed by atoms with Crippen molar-refractivity contribution < 1.29 is 4.42 Å². The van der Waals surface area contributed by atoms with Gasteiger partial charge in [0.25, 0.3) is 0 Å². The molecule has 0 aliphatic carbocycles. The second-order valence-electron chi connectivity index (χ2n) is 1.28. The van der Waals surface area contributed by atoms with Crippen LogP contribution in [0.4, 0.5) is 0 Å². The summed E-state index contributed by atoms with van der Waals surface area (Å²) in [5.41, 5.74) is 5.20. The van der Waals surface area contributed by atoms with E-state index in [1.54, 1.807) is 6.26 Å². The number of rotatable bonds is 1. The van der Waals surface area contributed by atoms with Gasteiger partial charge in [-0.1, -0.05) is 0 Å². The zero-order valence-corrected chi connectivity index (χ0v) is 3.92. The third kappa shape index (κ3) is 0.810. The van der Waals surface area contributed by atoms with Crippen molar-refractivity contribution in [2.75, 3.05) is 0 Å². The van der Waals surface area contributed by atoms with Crippen LogP contribution < -0.4 is 5.73 Å². The van der Waals surface area contributed by atoms with Gasteiger partial charge in [-0.2, -0.15) is 0 Å². The first kappa shape index (κ1) is 4.40. The Balaban J connectivity index is 2.76. The quantitative estimate of drug-likeness (QED) is 0.531. The van der Waals surface area contributed by atoms with Crippen molar-refractivity contribution in [3.63, 3.8) is 0 Å². The highest BCUT2D eigenvalue weighted by atomic mass is 16.4. The molecular formula is C5H7NO.